The first kappa shape index (κ1) is 19.6. The Morgan fingerprint density at radius 1 is 0.576 bits per heavy atom. The maximum atomic E-state index is 13.6. The van der Waals surface area contributed by atoms with Gasteiger partial charge < -0.3 is 4.74 Å². The Hall–Kier alpha value is -4.09. The van der Waals surface area contributed by atoms with Crippen molar-refractivity contribution in [2.75, 3.05) is 0 Å². The Morgan fingerprint density at radius 2 is 1.03 bits per heavy atom. The Kier molecular flexibility index (Phi) is 4.13. The van der Waals surface area contributed by atoms with Crippen LogP contribution in [0.2, 0.25) is 5.02 Å². The summed E-state index contributed by atoms with van der Waals surface area (Å²) in [7, 11) is 0. The van der Waals surface area contributed by atoms with E-state index < -0.39 is 29.1 Å². The van der Waals surface area contributed by atoms with E-state index in [4.69, 9.17) is 16.3 Å². The average Bonchev–Trinajstić information content (AvgIpc) is 2.84. The molecule has 6 rings (SSSR count). The summed E-state index contributed by atoms with van der Waals surface area (Å²) in [6.45, 7) is 0. The second-order valence-electron chi connectivity index (χ2n) is 7.98. The molecular weight excluding hydrogens is 440 g/mol. The highest BCUT2D eigenvalue weighted by Crippen LogP contribution is 2.48. The largest absolute Gasteiger partial charge is 0.448 e. The standard InChI is InChI=1S/C27H13ClO5/c28-14-7-5-6-13(12-14)19-20-22(29)15-8-1-3-10-17(15)24(31)26(20)33-27-21(19)23(30)16-9-2-4-11-18(16)25(27)32/h1-12,19H. The van der Waals surface area contributed by atoms with Crippen LogP contribution in [0.4, 0.5) is 0 Å². The van der Waals surface area contributed by atoms with Crippen molar-refractivity contribution in [3.63, 3.8) is 0 Å². The summed E-state index contributed by atoms with van der Waals surface area (Å²) in [4.78, 5) is 54.0. The van der Waals surface area contributed by atoms with Gasteiger partial charge in [-0.2, -0.15) is 0 Å². The number of rotatable bonds is 1. The second kappa shape index (κ2) is 6.95. The van der Waals surface area contributed by atoms with E-state index in [2.05, 4.69) is 0 Å². The molecule has 3 aliphatic rings. The molecule has 1 aliphatic heterocycles. The molecule has 0 fully saturated rings. The van der Waals surface area contributed by atoms with Gasteiger partial charge in [-0.1, -0.05) is 72.3 Å². The minimum atomic E-state index is -0.975. The molecule has 0 amide bonds. The molecule has 2 aliphatic carbocycles. The maximum absolute atomic E-state index is 13.6. The predicted octanol–water partition coefficient (Wildman–Crippen LogP) is 5.12. The van der Waals surface area contributed by atoms with E-state index in [1.165, 1.54) is 0 Å². The third kappa shape index (κ3) is 2.66. The fourth-order valence-electron chi connectivity index (χ4n) is 4.74. The van der Waals surface area contributed by atoms with Gasteiger partial charge in [-0.05, 0) is 17.7 Å². The van der Waals surface area contributed by atoms with Crippen LogP contribution in [0.5, 0.6) is 0 Å². The zero-order valence-corrected chi connectivity index (χ0v) is 17.7. The molecule has 3 aromatic rings. The second-order valence-corrected chi connectivity index (χ2v) is 8.42. The van der Waals surface area contributed by atoms with Gasteiger partial charge in [-0.25, -0.2) is 0 Å². The van der Waals surface area contributed by atoms with Crippen LogP contribution in [0.25, 0.3) is 0 Å². The van der Waals surface area contributed by atoms with E-state index >= 15 is 0 Å². The first-order chi connectivity index (χ1) is 16.0. The van der Waals surface area contributed by atoms with Gasteiger partial charge in [0, 0.05) is 33.2 Å². The van der Waals surface area contributed by atoms with Crippen molar-refractivity contribution < 1.29 is 23.9 Å². The Bertz CT molecular complexity index is 1430. The average molecular weight is 453 g/mol. The number of hydrogen-bond acceptors (Lipinski definition) is 5. The van der Waals surface area contributed by atoms with Crippen LogP contribution in [-0.2, 0) is 4.74 Å². The quantitative estimate of drug-likeness (QED) is 0.512. The molecule has 0 bridgehead atoms. The molecule has 5 nitrogen and oxygen atoms in total. The molecule has 0 saturated heterocycles. The number of fused-ring (bicyclic) bond motifs is 2. The predicted molar refractivity (Wildman–Crippen MR) is 120 cm³/mol. The number of Topliss-reactive ketones (excluding diaryl/α,β-unsaturated/α-hetero) is 4. The minimum absolute atomic E-state index is 0.0419. The summed E-state index contributed by atoms with van der Waals surface area (Å²) in [6, 6.07) is 19.6. The van der Waals surface area contributed by atoms with Crippen LogP contribution < -0.4 is 0 Å². The summed E-state index contributed by atoms with van der Waals surface area (Å²) in [5.41, 5.74) is 1.47. The number of hydrogen-bond donors (Lipinski definition) is 0. The third-order valence-corrected chi connectivity index (χ3v) is 6.42. The lowest BCUT2D eigenvalue weighted by molar-refractivity contribution is 0.0822. The zero-order valence-electron chi connectivity index (χ0n) is 16.9. The van der Waals surface area contributed by atoms with Gasteiger partial charge in [-0.15, -0.1) is 0 Å². The van der Waals surface area contributed by atoms with Gasteiger partial charge in [0.1, 0.15) is 0 Å². The van der Waals surface area contributed by atoms with E-state index in [0.29, 0.717) is 10.6 Å². The molecule has 6 heteroatoms. The van der Waals surface area contributed by atoms with Crippen molar-refractivity contribution in [2.24, 2.45) is 0 Å². The summed E-state index contributed by atoms with van der Waals surface area (Å²) in [6.07, 6.45) is 0. The fourth-order valence-corrected chi connectivity index (χ4v) is 4.94. The lowest BCUT2D eigenvalue weighted by Crippen LogP contribution is -2.36. The van der Waals surface area contributed by atoms with Crippen LogP contribution in [0.1, 0.15) is 52.9 Å². The minimum Gasteiger partial charge on any atom is -0.448 e. The van der Waals surface area contributed by atoms with Crippen molar-refractivity contribution in [2.45, 2.75) is 5.92 Å². The number of halogens is 1. The first-order valence-corrected chi connectivity index (χ1v) is 10.6. The van der Waals surface area contributed by atoms with Crippen LogP contribution in [-0.4, -0.2) is 23.1 Å². The highest BCUT2D eigenvalue weighted by Gasteiger charge is 2.49. The SMILES string of the molecule is O=C1C2=C(C(=O)c3ccccc31)C(c1cccc(Cl)c1)C1=C(O2)C(=O)c2ccccc2C1=O. The molecular formula is C27H13ClO5. The molecule has 3 aromatic carbocycles. The van der Waals surface area contributed by atoms with E-state index in [0.717, 1.165) is 0 Å². The Balaban J connectivity index is 1.65. The van der Waals surface area contributed by atoms with Gasteiger partial charge in [0.05, 0.1) is 11.1 Å². The van der Waals surface area contributed by atoms with Crippen molar-refractivity contribution >= 4 is 34.7 Å². The van der Waals surface area contributed by atoms with Crippen LogP contribution in [0.15, 0.2) is 95.5 Å². The zero-order chi connectivity index (χ0) is 22.9. The van der Waals surface area contributed by atoms with Gasteiger partial charge in [0.25, 0.3) is 0 Å². The van der Waals surface area contributed by atoms with Crippen molar-refractivity contribution in [3.05, 3.63) is 128 Å². The normalized spacial score (nSPS) is 17.4. The molecule has 158 valence electrons. The van der Waals surface area contributed by atoms with Crippen LogP contribution >= 0.6 is 11.6 Å². The molecule has 0 spiro atoms. The molecule has 0 atom stereocenters. The first-order valence-electron chi connectivity index (χ1n) is 10.3. The topological polar surface area (TPSA) is 77.5 Å². The van der Waals surface area contributed by atoms with Crippen LogP contribution in [0.3, 0.4) is 0 Å². The smallest absolute Gasteiger partial charge is 0.229 e. The van der Waals surface area contributed by atoms with Gasteiger partial charge >= 0.3 is 0 Å². The van der Waals surface area contributed by atoms with E-state index in [-0.39, 0.29) is 44.9 Å². The van der Waals surface area contributed by atoms with Crippen LogP contribution in [0, 0.1) is 0 Å². The monoisotopic (exact) mass is 452 g/mol. The van der Waals surface area contributed by atoms with E-state index in [9.17, 15) is 19.2 Å². The lowest BCUT2D eigenvalue weighted by Gasteiger charge is -2.35. The molecule has 1 heterocycles. The number of carbonyl (C=O) groups is 4. The third-order valence-electron chi connectivity index (χ3n) is 6.19. The lowest BCUT2D eigenvalue weighted by atomic mass is 9.70. The number of ether oxygens (including phenoxy) is 1. The molecule has 33 heavy (non-hydrogen) atoms. The van der Waals surface area contributed by atoms with Gasteiger partial charge in [-0.3, -0.25) is 19.2 Å². The highest BCUT2D eigenvalue weighted by atomic mass is 35.5. The van der Waals surface area contributed by atoms with Crippen molar-refractivity contribution in [1.29, 1.82) is 0 Å². The summed E-state index contributed by atoms with van der Waals surface area (Å²) in [5, 5.41) is 0.397. The molecule has 0 saturated carbocycles. The number of carbonyl (C=O) groups excluding carboxylic acids is 4. The Labute approximate surface area is 192 Å². The molecule has 0 radical (unpaired) electrons. The maximum Gasteiger partial charge on any atom is 0.229 e. The Morgan fingerprint density at radius 3 is 1.48 bits per heavy atom. The molecule has 0 aromatic heterocycles. The molecule has 0 unspecified atom stereocenters. The summed E-state index contributed by atoms with van der Waals surface area (Å²) in [5.74, 6) is -3.26. The van der Waals surface area contributed by atoms with Crippen molar-refractivity contribution in [3.8, 4) is 0 Å². The fraction of sp³-hybridized carbons (Fsp3) is 0.0370. The van der Waals surface area contributed by atoms with Gasteiger partial charge in [0.15, 0.2) is 23.1 Å². The molecule has 0 N–H and O–H groups in total. The summed E-state index contributed by atoms with van der Waals surface area (Å²) < 4.78 is 5.84. The van der Waals surface area contributed by atoms with Crippen molar-refractivity contribution in [1.82, 2.24) is 0 Å². The highest BCUT2D eigenvalue weighted by molar-refractivity contribution is 6.32. The van der Waals surface area contributed by atoms with E-state index in [1.807, 2.05) is 0 Å². The van der Waals surface area contributed by atoms with E-state index in [1.54, 1.807) is 72.8 Å². The summed E-state index contributed by atoms with van der Waals surface area (Å²) >= 11 is 6.24. The van der Waals surface area contributed by atoms with Gasteiger partial charge in [0.2, 0.25) is 11.6 Å². The number of benzene rings is 3. The number of ketones is 4. The number of allylic oxidation sites excluding steroid dienone is 4.